The molecule has 0 aliphatic carbocycles. The summed E-state index contributed by atoms with van der Waals surface area (Å²) < 4.78 is 27.3. The molecule has 98 valence electrons. The van der Waals surface area contributed by atoms with E-state index in [1.807, 2.05) is 0 Å². The highest BCUT2D eigenvalue weighted by Gasteiger charge is 2.17. The smallest absolute Gasteiger partial charge is 0.185 e. The third-order valence-electron chi connectivity index (χ3n) is 2.49. The van der Waals surface area contributed by atoms with Crippen LogP contribution in [0.4, 0.5) is 8.78 Å². The van der Waals surface area contributed by atoms with Gasteiger partial charge in [0.1, 0.15) is 17.3 Å². The minimum absolute atomic E-state index is 0.112. The summed E-state index contributed by atoms with van der Waals surface area (Å²) in [5.41, 5.74) is -0.167. The Labute approximate surface area is 121 Å². The predicted molar refractivity (Wildman–Crippen MR) is 71.3 cm³/mol. The van der Waals surface area contributed by atoms with E-state index in [-0.39, 0.29) is 15.7 Å². The maximum atomic E-state index is 13.7. The van der Waals surface area contributed by atoms with E-state index in [4.69, 9.17) is 11.6 Å². The number of Topliss-reactive ketones (excluding diaryl/α,β-unsaturated/α-hetero) is 1. The second kappa shape index (κ2) is 5.75. The van der Waals surface area contributed by atoms with Gasteiger partial charge in [-0.05, 0) is 40.2 Å². The molecule has 1 aromatic heterocycles. The zero-order chi connectivity index (χ0) is 14.0. The lowest BCUT2D eigenvalue weighted by Crippen LogP contribution is -2.09. The van der Waals surface area contributed by atoms with Crippen LogP contribution in [0.15, 0.2) is 34.9 Å². The molecule has 0 saturated heterocycles. The molecule has 0 spiro atoms. The number of carbonyl (C=O) groups excluding carboxylic acids is 1. The van der Waals surface area contributed by atoms with E-state index >= 15 is 0 Å². The zero-order valence-electron chi connectivity index (χ0n) is 9.46. The molecule has 0 bridgehead atoms. The number of nitrogens with zero attached hydrogens (tertiary/aromatic N) is 1. The Morgan fingerprint density at radius 1 is 1.26 bits per heavy atom. The van der Waals surface area contributed by atoms with Gasteiger partial charge in [-0.3, -0.25) is 9.78 Å². The van der Waals surface area contributed by atoms with Crippen molar-refractivity contribution in [3.05, 3.63) is 62.8 Å². The largest absolute Gasteiger partial charge is 0.292 e. The van der Waals surface area contributed by atoms with Gasteiger partial charge in [0.2, 0.25) is 0 Å². The van der Waals surface area contributed by atoms with E-state index in [1.54, 1.807) is 0 Å². The minimum Gasteiger partial charge on any atom is -0.292 e. The van der Waals surface area contributed by atoms with Crippen LogP contribution in [0.3, 0.4) is 0 Å². The summed E-state index contributed by atoms with van der Waals surface area (Å²) in [6.45, 7) is 0. The number of hydrogen-bond acceptors (Lipinski definition) is 2. The molecule has 0 amide bonds. The summed E-state index contributed by atoms with van der Waals surface area (Å²) in [6, 6.07) is 5.26. The first-order chi connectivity index (χ1) is 8.99. The molecule has 2 nitrogen and oxygen atoms in total. The van der Waals surface area contributed by atoms with Crippen LogP contribution >= 0.6 is 27.5 Å². The first kappa shape index (κ1) is 14.1. The Kier molecular flexibility index (Phi) is 4.27. The van der Waals surface area contributed by atoms with Gasteiger partial charge in [0, 0.05) is 18.2 Å². The number of pyridine rings is 1. The Morgan fingerprint density at radius 3 is 2.63 bits per heavy atom. The van der Waals surface area contributed by atoms with Gasteiger partial charge in [0.05, 0.1) is 9.50 Å². The van der Waals surface area contributed by atoms with Gasteiger partial charge in [-0.1, -0.05) is 11.6 Å². The second-order valence-electron chi connectivity index (χ2n) is 3.78. The molecule has 0 aliphatic heterocycles. The summed E-state index contributed by atoms with van der Waals surface area (Å²) in [5, 5.41) is 0.386. The fraction of sp³-hybridized carbons (Fsp3) is 0.0769. The van der Waals surface area contributed by atoms with Crippen molar-refractivity contribution in [3.63, 3.8) is 0 Å². The highest BCUT2D eigenvalue weighted by Crippen LogP contribution is 2.23. The number of benzene rings is 1. The number of ketones is 1. The number of rotatable bonds is 3. The lowest BCUT2D eigenvalue weighted by molar-refractivity contribution is 0.0986. The van der Waals surface area contributed by atoms with Crippen LogP contribution in [0, 0.1) is 11.6 Å². The van der Waals surface area contributed by atoms with Gasteiger partial charge in [-0.25, -0.2) is 8.78 Å². The Morgan fingerprint density at radius 2 is 2.00 bits per heavy atom. The first-order valence-electron chi connectivity index (χ1n) is 5.26. The molecule has 2 aromatic rings. The zero-order valence-corrected chi connectivity index (χ0v) is 11.8. The first-order valence-corrected chi connectivity index (χ1v) is 6.43. The molecule has 0 atom stereocenters. The average Bonchev–Trinajstić information content (AvgIpc) is 2.40. The topological polar surface area (TPSA) is 30.0 Å². The quantitative estimate of drug-likeness (QED) is 0.616. The maximum absolute atomic E-state index is 13.7. The van der Waals surface area contributed by atoms with Crippen molar-refractivity contribution >= 4 is 33.3 Å². The predicted octanol–water partition coefficient (Wildman–Crippen LogP) is 4.20. The van der Waals surface area contributed by atoms with Gasteiger partial charge in [0.15, 0.2) is 5.78 Å². The molecule has 0 radical (unpaired) electrons. The Bertz CT molecular complexity index is 631. The van der Waals surface area contributed by atoms with Crippen LogP contribution in [-0.4, -0.2) is 10.8 Å². The van der Waals surface area contributed by atoms with E-state index in [0.29, 0.717) is 5.02 Å². The highest BCUT2D eigenvalue weighted by molar-refractivity contribution is 9.10. The molecular formula is C13H7BrClF2NO. The van der Waals surface area contributed by atoms with Gasteiger partial charge in [0.25, 0.3) is 0 Å². The third-order valence-corrected chi connectivity index (χ3v) is 3.33. The molecule has 0 N–H and O–H groups in total. The molecule has 6 heteroatoms. The van der Waals surface area contributed by atoms with E-state index < -0.39 is 23.8 Å². The fourth-order valence-corrected chi connectivity index (χ4v) is 2.01. The molecule has 0 unspecified atom stereocenters. The van der Waals surface area contributed by atoms with Crippen molar-refractivity contribution in [2.45, 2.75) is 6.42 Å². The number of hydrogen-bond donors (Lipinski definition) is 0. The second-order valence-corrected chi connectivity index (χ2v) is 5.07. The maximum Gasteiger partial charge on any atom is 0.185 e. The number of aromatic nitrogens is 1. The summed E-state index contributed by atoms with van der Waals surface area (Å²) in [7, 11) is 0. The molecule has 1 aromatic carbocycles. The normalized spacial score (nSPS) is 10.5. The monoisotopic (exact) mass is 345 g/mol. The molecule has 1 heterocycles. The van der Waals surface area contributed by atoms with Crippen molar-refractivity contribution in [3.8, 4) is 0 Å². The van der Waals surface area contributed by atoms with Gasteiger partial charge >= 0.3 is 0 Å². The van der Waals surface area contributed by atoms with Crippen molar-refractivity contribution in [1.82, 2.24) is 4.98 Å². The van der Waals surface area contributed by atoms with Crippen LogP contribution < -0.4 is 0 Å². The summed E-state index contributed by atoms with van der Waals surface area (Å²) in [6.07, 6.45) is 0.911. The van der Waals surface area contributed by atoms with E-state index in [0.717, 1.165) is 6.07 Å². The summed E-state index contributed by atoms with van der Waals surface area (Å²) in [5.74, 6) is -2.02. The number of carbonyl (C=O) groups is 1. The van der Waals surface area contributed by atoms with E-state index in [9.17, 15) is 13.6 Å². The van der Waals surface area contributed by atoms with Crippen LogP contribution in [0.1, 0.15) is 16.1 Å². The molecule has 0 saturated carbocycles. The number of halogens is 4. The average molecular weight is 347 g/mol. The van der Waals surface area contributed by atoms with Gasteiger partial charge in [-0.15, -0.1) is 0 Å². The van der Waals surface area contributed by atoms with Crippen LogP contribution in [-0.2, 0) is 6.42 Å². The van der Waals surface area contributed by atoms with Crippen LogP contribution in [0.25, 0.3) is 0 Å². The van der Waals surface area contributed by atoms with Gasteiger partial charge in [-0.2, -0.15) is 0 Å². The molecule has 0 fully saturated rings. The Balaban J connectivity index is 2.29. The molecular weight excluding hydrogens is 340 g/mol. The van der Waals surface area contributed by atoms with Crippen LogP contribution in [0.5, 0.6) is 0 Å². The van der Waals surface area contributed by atoms with Crippen molar-refractivity contribution in [1.29, 1.82) is 0 Å². The summed E-state index contributed by atoms with van der Waals surface area (Å²) in [4.78, 5) is 15.7. The van der Waals surface area contributed by atoms with Gasteiger partial charge < -0.3 is 0 Å². The van der Waals surface area contributed by atoms with Crippen LogP contribution in [0.2, 0.25) is 5.02 Å². The summed E-state index contributed by atoms with van der Waals surface area (Å²) >= 11 is 8.60. The lowest BCUT2D eigenvalue weighted by Gasteiger charge is -2.05. The fourth-order valence-electron chi connectivity index (χ4n) is 1.52. The minimum atomic E-state index is -0.776. The van der Waals surface area contributed by atoms with E-state index in [2.05, 4.69) is 20.9 Å². The lowest BCUT2D eigenvalue weighted by atomic mass is 10.1. The van der Waals surface area contributed by atoms with Crippen molar-refractivity contribution in [2.24, 2.45) is 0 Å². The standard InChI is InChI=1S/C13H7BrClF2NO/c14-9-2-3-10(16)8(13(9)17)5-12(19)11-4-1-7(15)6-18-11/h1-4,6H,5H2. The Hall–Kier alpha value is -1.33. The van der Waals surface area contributed by atoms with Crippen molar-refractivity contribution in [2.75, 3.05) is 0 Å². The molecule has 2 rings (SSSR count). The SMILES string of the molecule is O=C(Cc1c(F)ccc(Br)c1F)c1ccc(Cl)cn1. The third kappa shape index (κ3) is 3.16. The van der Waals surface area contributed by atoms with E-state index in [1.165, 1.54) is 24.4 Å². The molecule has 0 aliphatic rings. The van der Waals surface area contributed by atoms with Crippen molar-refractivity contribution < 1.29 is 13.6 Å². The molecule has 19 heavy (non-hydrogen) atoms. The highest BCUT2D eigenvalue weighted by atomic mass is 79.9.